The van der Waals surface area contributed by atoms with E-state index in [9.17, 15) is 22.0 Å². The van der Waals surface area contributed by atoms with Crippen molar-refractivity contribution in [2.75, 3.05) is 25.1 Å². The minimum absolute atomic E-state index is 0.137. The summed E-state index contributed by atoms with van der Waals surface area (Å²) in [6, 6.07) is 2.68. The Morgan fingerprint density at radius 1 is 1.32 bits per heavy atom. The van der Waals surface area contributed by atoms with E-state index in [4.69, 9.17) is 5.73 Å². The van der Waals surface area contributed by atoms with Gasteiger partial charge in [0.1, 0.15) is 11.6 Å². The van der Waals surface area contributed by atoms with Crippen LogP contribution >= 0.6 is 0 Å². The van der Waals surface area contributed by atoms with Gasteiger partial charge >= 0.3 is 0 Å². The van der Waals surface area contributed by atoms with Crippen LogP contribution in [0.3, 0.4) is 0 Å². The summed E-state index contributed by atoms with van der Waals surface area (Å²) in [5, 5.41) is 0. The van der Waals surface area contributed by atoms with Gasteiger partial charge in [-0.05, 0) is 32.2 Å². The second-order valence-electron chi connectivity index (χ2n) is 5.19. The van der Waals surface area contributed by atoms with Crippen LogP contribution in [-0.2, 0) is 14.6 Å². The maximum Gasteiger partial charge on any atom is 0.218 e. The van der Waals surface area contributed by atoms with Crippen molar-refractivity contribution in [1.82, 2.24) is 4.90 Å². The van der Waals surface area contributed by atoms with E-state index in [0.29, 0.717) is 0 Å². The molecule has 0 radical (unpaired) electrons. The summed E-state index contributed by atoms with van der Waals surface area (Å²) >= 11 is 0. The zero-order valence-electron chi connectivity index (χ0n) is 12.6. The Balaban J connectivity index is 2.66. The number of hydrogen-bond acceptors (Lipinski definition) is 4. The average Bonchev–Trinajstić information content (AvgIpc) is 2.44. The molecule has 1 atom stereocenters. The Morgan fingerprint density at radius 2 is 1.95 bits per heavy atom. The van der Waals surface area contributed by atoms with Crippen molar-refractivity contribution in [3.05, 3.63) is 35.4 Å². The fourth-order valence-electron chi connectivity index (χ4n) is 1.91. The highest BCUT2D eigenvalue weighted by atomic mass is 32.2. The Bertz CT molecular complexity index is 635. The Labute approximate surface area is 129 Å². The fourth-order valence-corrected chi connectivity index (χ4v) is 3.19. The van der Waals surface area contributed by atoms with Crippen LogP contribution in [0.5, 0.6) is 0 Å². The van der Waals surface area contributed by atoms with E-state index in [0.717, 1.165) is 18.2 Å². The summed E-state index contributed by atoms with van der Waals surface area (Å²) in [5.74, 6) is -2.26. The summed E-state index contributed by atoms with van der Waals surface area (Å²) in [4.78, 5) is 12.2. The molecular formula is C14H20F2N2O3S. The number of carbonyl (C=O) groups excluding carboxylic acids is 1. The molecule has 8 heteroatoms. The van der Waals surface area contributed by atoms with Crippen LogP contribution < -0.4 is 5.73 Å². The maximum atomic E-state index is 13.7. The fraction of sp³-hybridized carbons (Fsp3) is 0.500. The van der Waals surface area contributed by atoms with Gasteiger partial charge < -0.3 is 5.73 Å². The first kappa shape index (κ1) is 18.5. The third-order valence-electron chi connectivity index (χ3n) is 3.48. The van der Waals surface area contributed by atoms with Crippen LogP contribution in [0.1, 0.15) is 24.9 Å². The second-order valence-corrected chi connectivity index (χ2v) is 7.49. The van der Waals surface area contributed by atoms with Crippen LogP contribution in [0.15, 0.2) is 18.2 Å². The molecule has 0 aliphatic heterocycles. The molecule has 0 spiro atoms. The molecule has 0 saturated carbocycles. The number of halogens is 2. The van der Waals surface area contributed by atoms with Gasteiger partial charge in [0.05, 0.1) is 11.5 Å². The second kappa shape index (κ2) is 7.64. The molecule has 2 N–H and O–H groups in total. The monoisotopic (exact) mass is 334 g/mol. The first-order valence-corrected chi connectivity index (χ1v) is 8.58. The van der Waals surface area contributed by atoms with Gasteiger partial charge in [0.15, 0.2) is 9.84 Å². The highest BCUT2D eigenvalue weighted by molar-refractivity contribution is 7.91. The van der Waals surface area contributed by atoms with E-state index >= 15 is 0 Å². The van der Waals surface area contributed by atoms with Crippen molar-refractivity contribution in [3.8, 4) is 0 Å². The summed E-state index contributed by atoms with van der Waals surface area (Å²) in [7, 11) is -1.79. The lowest BCUT2D eigenvalue weighted by Gasteiger charge is -2.25. The zero-order valence-corrected chi connectivity index (χ0v) is 13.4. The Hall–Kier alpha value is -1.54. The highest BCUT2D eigenvalue weighted by Crippen LogP contribution is 2.22. The van der Waals surface area contributed by atoms with E-state index < -0.39 is 33.4 Å². The molecule has 22 heavy (non-hydrogen) atoms. The summed E-state index contributed by atoms with van der Waals surface area (Å²) in [6.45, 7) is 1.80. The number of nitrogens with two attached hydrogens (primary N) is 1. The van der Waals surface area contributed by atoms with E-state index in [1.807, 2.05) is 0 Å². The topological polar surface area (TPSA) is 80.5 Å². The van der Waals surface area contributed by atoms with Crippen molar-refractivity contribution < 1.29 is 22.0 Å². The summed E-state index contributed by atoms with van der Waals surface area (Å²) in [5.41, 5.74) is 5.08. The molecule has 1 amide bonds. The Morgan fingerprint density at radius 3 is 2.55 bits per heavy atom. The number of hydrogen-bond donors (Lipinski definition) is 1. The minimum Gasteiger partial charge on any atom is -0.370 e. The molecule has 1 aromatic rings. The number of nitrogens with zero attached hydrogens (tertiary/aromatic N) is 1. The van der Waals surface area contributed by atoms with Gasteiger partial charge in [-0.1, -0.05) is 0 Å². The molecule has 0 aliphatic rings. The standard InChI is InChI=1S/C14H20F2N2O3S/c1-10(12-9-11(15)3-4-13(12)16)18(2)6-8-22(20,21)7-5-14(17)19/h3-4,9-10H,5-8H2,1-2H3,(H2,17,19)/t10-/m1/s1. The minimum atomic E-state index is -3.42. The van der Waals surface area contributed by atoms with E-state index in [-0.39, 0.29) is 30.0 Å². The first-order valence-electron chi connectivity index (χ1n) is 6.76. The van der Waals surface area contributed by atoms with E-state index in [1.54, 1.807) is 18.9 Å². The van der Waals surface area contributed by atoms with Gasteiger partial charge in [0.2, 0.25) is 5.91 Å². The molecule has 1 rings (SSSR count). The number of primary amides is 1. The molecule has 0 aromatic heterocycles. The quantitative estimate of drug-likeness (QED) is 0.776. The van der Waals surface area contributed by atoms with Gasteiger partial charge in [-0.15, -0.1) is 0 Å². The molecule has 0 aliphatic carbocycles. The van der Waals surface area contributed by atoms with Gasteiger partial charge in [0.25, 0.3) is 0 Å². The molecule has 1 aromatic carbocycles. The van der Waals surface area contributed by atoms with E-state index in [2.05, 4.69) is 0 Å². The zero-order chi connectivity index (χ0) is 16.9. The lowest BCUT2D eigenvalue weighted by molar-refractivity contribution is -0.117. The molecule has 0 fully saturated rings. The summed E-state index contributed by atoms with van der Waals surface area (Å²) < 4.78 is 50.4. The number of rotatable bonds is 8. The van der Waals surface area contributed by atoms with Crippen molar-refractivity contribution in [3.63, 3.8) is 0 Å². The lowest BCUT2D eigenvalue weighted by Crippen LogP contribution is -2.30. The van der Waals surface area contributed by atoms with Gasteiger partial charge in [-0.3, -0.25) is 9.69 Å². The van der Waals surface area contributed by atoms with Crippen molar-refractivity contribution in [1.29, 1.82) is 0 Å². The first-order chi connectivity index (χ1) is 10.1. The SMILES string of the molecule is C[C@H](c1cc(F)ccc1F)N(C)CCS(=O)(=O)CCC(N)=O. The number of sulfone groups is 1. The third-order valence-corrected chi connectivity index (χ3v) is 5.11. The van der Waals surface area contributed by atoms with Gasteiger partial charge in [-0.25, -0.2) is 17.2 Å². The molecule has 0 saturated heterocycles. The van der Waals surface area contributed by atoms with Crippen LogP contribution in [0.2, 0.25) is 0 Å². The predicted molar refractivity (Wildman–Crippen MR) is 79.9 cm³/mol. The van der Waals surface area contributed by atoms with Crippen LogP contribution in [0.4, 0.5) is 8.78 Å². The molecule has 0 heterocycles. The molecule has 0 bridgehead atoms. The normalized spacial score (nSPS) is 13.3. The maximum absolute atomic E-state index is 13.7. The lowest BCUT2D eigenvalue weighted by atomic mass is 10.1. The van der Waals surface area contributed by atoms with Crippen molar-refractivity contribution in [2.24, 2.45) is 5.73 Å². The van der Waals surface area contributed by atoms with Gasteiger partial charge in [0, 0.05) is 24.6 Å². The number of benzene rings is 1. The Kier molecular flexibility index (Phi) is 6.43. The van der Waals surface area contributed by atoms with Crippen molar-refractivity contribution >= 4 is 15.7 Å². The predicted octanol–water partition coefficient (Wildman–Crippen LogP) is 1.25. The third kappa shape index (κ3) is 5.69. The summed E-state index contributed by atoms with van der Waals surface area (Å²) in [6.07, 6.45) is -0.222. The average molecular weight is 334 g/mol. The van der Waals surface area contributed by atoms with Crippen LogP contribution in [-0.4, -0.2) is 44.3 Å². The smallest absolute Gasteiger partial charge is 0.218 e. The van der Waals surface area contributed by atoms with E-state index in [1.165, 1.54) is 0 Å². The molecule has 124 valence electrons. The highest BCUT2D eigenvalue weighted by Gasteiger charge is 2.19. The van der Waals surface area contributed by atoms with Crippen molar-refractivity contribution in [2.45, 2.75) is 19.4 Å². The molecule has 0 unspecified atom stereocenters. The van der Waals surface area contributed by atoms with Crippen LogP contribution in [0.25, 0.3) is 0 Å². The number of carbonyl (C=O) groups is 1. The molecular weight excluding hydrogens is 314 g/mol. The molecule has 5 nitrogen and oxygen atoms in total. The van der Waals surface area contributed by atoms with Crippen LogP contribution in [0, 0.1) is 11.6 Å². The van der Waals surface area contributed by atoms with Gasteiger partial charge in [-0.2, -0.15) is 0 Å². The number of amides is 1. The largest absolute Gasteiger partial charge is 0.370 e.